The van der Waals surface area contributed by atoms with Crippen molar-refractivity contribution in [2.24, 2.45) is 0 Å². The fourth-order valence-corrected chi connectivity index (χ4v) is 5.25. The summed E-state index contributed by atoms with van der Waals surface area (Å²) >= 11 is 0. The summed E-state index contributed by atoms with van der Waals surface area (Å²) in [6.07, 6.45) is 1.86. The Hall–Kier alpha value is -3.85. The highest BCUT2D eigenvalue weighted by Crippen LogP contribution is 2.21. The summed E-state index contributed by atoms with van der Waals surface area (Å²) < 4.78 is 31.5. The number of benzene rings is 3. The Morgan fingerprint density at radius 3 is 2.16 bits per heavy atom. The van der Waals surface area contributed by atoms with Gasteiger partial charge in [0, 0.05) is 33.0 Å². The SMILES string of the molecule is CNC(=O)[C@H](Cc1ccccc1)N(Cc1cccc(OC)c1)C(=O)CCCN(c1ccccc1)S(C)(=O)=O. The molecule has 9 heteroatoms. The Labute approximate surface area is 225 Å². The van der Waals surface area contributed by atoms with E-state index < -0.39 is 16.1 Å². The van der Waals surface area contributed by atoms with Crippen molar-refractivity contribution in [3.63, 3.8) is 0 Å². The van der Waals surface area contributed by atoms with Crippen molar-refractivity contribution in [2.75, 3.05) is 31.3 Å². The molecule has 3 aromatic rings. The summed E-state index contributed by atoms with van der Waals surface area (Å²) in [5.74, 6) is 0.145. The maximum Gasteiger partial charge on any atom is 0.242 e. The molecule has 0 saturated carbocycles. The minimum Gasteiger partial charge on any atom is -0.497 e. The minimum atomic E-state index is -3.54. The van der Waals surface area contributed by atoms with E-state index in [1.165, 1.54) is 4.31 Å². The van der Waals surface area contributed by atoms with E-state index in [-0.39, 0.29) is 31.3 Å². The third-order valence-corrected chi connectivity index (χ3v) is 7.39. The second-order valence-corrected chi connectivity index (χ2v) is 10.9. The Bertz CT molecular complexity index is 1300. The molecule has 0 unspecified atom stereocenters. The lowest BCUT2D eigenvalue weighted by Crippen LogP contribution is -2.49. The lowest BCUT2D eigenvalue weighted by atomic mass is 10.0. The normalized spacial score (nSPS) is 11.9. The summed E-state index contributed by atoms with van der Waals surface area (Å²) in [5, 5.41) is 2.70. The van der Waals surface area contributed by atoms with Gasteiger partial charge in [-0.2, -0.15) is 0 Å². The summed E-state index contributed by atoms with van der Waals surface area (Å²) in [6.45, 7) is 0.348. The van der Waals surface area contributed by atoms with Gasteiger partial charge in [0.1, 0.15) is 11.8 Å². The zero-order valence-corrected chi connectivity index (χ0v) is 22.9. The molecule has 38 heavy (non-hydrogen) atoms. The van der Waals surface area contributed by atoms with E-state index in [0.29, 0.717) is 24.3 Å². The van der Waals surface area contributed by atoms with Crippen LogP contribution in [0.4, 0.5) is 5.69 Å². The number of nitrogens with one attached hydrogen (secondary N) is 1. The average molecular weight is 538 g/mol. The van der Waals surface area contributed by atoms with Crippen molar-refractivity contribution >= 4 is 27.5 Å². The number of likely N-dealkylation sites (N-methyl/N-ethyl adjacent to an activating group) is 1. The van der Waals surface area contributed by atoms with Gasteiger partial charge in [-0.25, -0.2) is 8.42 Å². The highest BCUT2D eigenvalue weighted by Gasteiger charge is 2.30. The van der Waals surface area contributed by atoms with Crippen LogP contribution in [0, 0.1) is 0 Å². The van der Waals surface area contributed by atoms with Crippen LogP contribution in [0.3, 0.4) is 0 Å². The van der Waals surface area contributed by atoms with Gasteiger partial charge in [0.25, 0.3) is 0 Å². The molecule has 1 atom stereocenters. The van der Waals surface area contributed by atoms with Crippen LogP contribution in [0.1, 0.15) is 24.0 Å². The quantitative estimate of drug-likeness (QED) is 0.359. The van der Waals surface area contributed by atoms with Crippen molar-refractivity contribution in [3.8, 4) is 5.75 Å². The topological polar surface area (TPSA) is 96.0 Å². The van der Waals surface area contributed by atoms with Crippen molar-refractivity contribution in [3.05, 3.63) is 96.1 Å². The third-order valence-electron chi connectivity index (χ3n) is 6.20. The first-order chi connectivity index (χ1) is 18.2. The Morgan fingerprint density at radius 2 is 1.55 bits per heavy atom. The monoisotopic (exact) mass is 537 g/mol. The summed E-state index contributed by atoms with van der Waals surface area (Å²) in [5.41, 5.74) is 2.29. The number of hydrogen-bond donors (Lipinski definition) is 1. The second kappa shape index (κ2) is 13.6. The number of amides is 2. The maximum absolute atomic E-state index is 13.7. The molecule has 0 aliphatic carbocycles. The van der Waals surface area contributed by atoms with Crippen LogP contribution in [0.5, 0.6) is 5.75 Å². The van der Waals surface area contributed by atoms with Gasteiger partial charge in [0.15, 0.2) is 0 Å². The van der Waals surface area contributed by atoms with Gasteiger partial charge < -0.3 is 15.0 Å². The second-order valence-electron chi connectivity index (χ2n) is 8.97. The number of ether oxygens (including phenoxy) is 1. The zero-order chi connectivity index (χ0) is 27.5. The third kappa shape index (κ3) is 8.08. The summed E-state index contributed by atoms with van der Waals surface area (Å²) in [6, 6.07) is 25.0. The Balaban J connectivity index is 1.85. The Kier molecular flexibility index (Phi) is 10.3. The highest BCUT2D eigenvalue weighted by molar-refractivity contribution is 7.92. The summed E-state index contributed by atoms with van der Waals surface area (Å²) in [7, 11) is -0.408. The number of carbonyl (C=O) groups is 2. The molecule has 1 N–H and O–H groups in total. The van der Waals surface area contributed by atoms with Crippen LogP contribution in [0.25, 0.3) is 0 Å². The smallest absolute Gasteiger partial charge is 0.242 e. The molecule has 0 radical (unpaired) electrons. The van der Waals surface area contributed by atoms with Crippen molar-refractivity contribution < 1.29 is 22.7 Å². The number of hydrogen-bond acceptors (Lipinski definition) is 5. The molecule has 8 nitrogen and oxygen atoms in total. The molecule has 0 heterocycles. The largest absolute Gasteiger partial charge is 0.497 e. The predicted octanol–water partition coefficient (Wildman–Crippen LogP) is 3.63. The predicted molar refractivity (Wildman–Crippen MR) is 149 cm³/mol. The minimum absolute atomic E-state index is 0.0745. The van der Waals surface area contributed by atoms with Crippen LogP contribution in [0.15, 0.2) is 84.9 Å². The number of rotatable bonds is 13. The van der Waals surface area contributed by atoms with Crippen LogP contribution in [-0.2, 0) is 32.6 Å². The highest BCUT2D eigenvalue weighted by atomic mass is 32.2. The standard InChI is InChI=1S/C29H35N3O5S/c1-30-29(34)27(21-23-12-6-4-7-13-23)31(22-24-14-10-17-26(20-24)37-2)28(33)18-11-19-32(38(3,35)36)25-15-8-5-9-16-25/h4-10,12-17,20,27H,11,18-19,21-22H2,1-3H3,(H,30,34)/t27-/m0/s1. The number of carbonyl (C=O) groups excluding carboxylic acids is 2. The van der Waals surface area contributed by atoms with Gasteiger partial charge in [-0.15, -0.1) is 0 Å². The van der Waals surface area contributed by atoms with Gasteiger partial charge in [-0.3, -0.25) is 13.9 Å². The summed E-state index contributed by atoms with van der Waals surface area (Å²) in [4.78, 5) is 28.3. The van der Waals surface area contributed by atoms with E-state index in [2.05, 4.69) is 5.32 Å². The van der Waals surface area contributed by atoms with E-state index in [4.69, 9.17) is 4.74 Å². The van der Waals surface area contributed by atoms with Gasteiger partial charge in [-0.1, -0.05) is 60.7 Å². The molecule has 3 aromatic carbocycles. The molecule has 0 spiro atoms. The van der Waals surface area contributed by atoms with Gasteiger partial charge in [0.05, 0.1) is 19.1 Å². The number of methoxy groups -OCH3 is 1. The van der Waals surface area contributed by atoms with E-state index in [9.17, 15) is 18.0 Å². The van der Waals surface area contributed by atoms with Gasteiger partial charge >= 0.3 is 0 Å². The zero-order valence-electron chi connectivity index (χ0n) is 22.0. The van der Waals surface area contributed by atoms with E-state index in [1.807, 2.05) is 60.7 Å². The van der Waals surface area contributed by atoms with Gasteiger partial charge in [0.2, 0.25) is 21.8 Å². The van der Waals surface area contributed by atoms with Gasteiger partial charge in [-0.05, 0) is 41.8 Å². The molecular weight excluding hydrogens is 502 g/mol. The fraction of sp³-hybridized carbons (Fsp3) is 0.310. The van der Waals surface area contributed by atoms with Crippen molar-refractivity contribution in [1.29, 1.82) is 0 Å². The number of sulfonamides is 1. The van der Waals surface area contributed by atoms with Crippen LogP contribution < -0.4 is 14.4 Å². The first-order valence-electron chi connectivity index (χ1n) is 12.4. The van der Waals surface area contributed by atoms with Crippen molar-refractivity contribution in [1.82, 2.24) is 10.2 Å². The maximum atomic E-state index is 13.7. The number of anilines is 1. The van der Waals surface area contributed by atoms with Crippen LogP contribution >= 0.6 is 0 Å². The molecule has 0 aliphatic rings. The molecule has 0 aromatic heterocycles. The van der Waals surface area contributed by atoms with Crippen LogP contribution in [0.2, 0.25) is 0 Å². The van der Waals surface area contributed by atoms with Crippen molar-refractivity contribution in [2.45, 2.75) is 31.8 Å². The van der Waals surface area contributed by atoms with E-state index in [1.54, 1.807) is 43.3 Å². The molecule has 0 aliphatic heterocycles. The first-order valence-corrected chi connectivity index (χ1v) is 14.3. The van der Waals surface area contributed by atoms with Crippen LogP contribution in [-0.4, -0.2) is 58.1 Å². The fourth-order valence-electron chi connectivity index (χ4n) is 4.29. The molecule has 3 rings (SSSR count). The van der Waals surface area contributed by atoms with E-state index >= 15 is 0 Å². The van der Waals surface area contributed by atoms with E-state index in [0.717, 1.165) is 17.4 Å². The first kappa shape index (κ1) is 28.7. The molecule has 0 saturated heterocycles. The molecule has 202 valence electrons. The molecule has 0 fully saturated rings. The Morgan fingerprint density at radius 1 is 0.921 bits per heavy atom. The number of para-hydroxylation sites is 1. The lowest BCUT2D eigenvalue weighted by Gasteiger charge is -2.31. The average Bonchev–Trinajstić information content (AvgIpc) is 2.93. The number of nitrogens with zero attached hydrogens (tertiary/aromatic N) is 2. The molecular formula is C29H35N3O5S. The molecule has 0 bridgehead atoms. The lowest BCUT2D eigenvalue weighted by molar-refractivity contribution is -0.141. The molecule has 2 amide bonds.